The largest absolute Gasteiger partial charge is 0.320 e. The summed E-state index contributed by atoms with van der Waals surface area (Å²) in [6, 6.07) is 4.89. The van der Waals surface area contributed by atoms with Gasteiger partial charge in [-0.2, -0.15) is 0 Å². The fourth-order valence-corrected chi connectivity index (χ4v) is 3.11. The van der Waals surface area contributed by atoms with Gasteiger partial charge in [0.05, 0.1) is 15.5 Å². The van der Waals surface area contributed by atoms with Crippen LogP contribution in [-0.4, -0.2) is 36.5 Å². The molecule has 1 aliphatic heterocycles. The van der Waals surface area contributed by atoms with Crippen molar-refractivity contribution >= 4 is 17.3 Å². The van der Waals surface area contributed by atoms with Gasteiger partial charge in [-0.05, 0) is 57.9 Å². The Labute approximate surface area is 130 Å². The van der Waals surface area contributed by atoms with Gasteiger partial charge < -0.3 is 5.32 Å². The van der Waals surface area contributed by atoms with Crippen molar-refractivity contribution in [3.05, 3.63) is 38.9 Å². The molecule has 0 atom stereocenters. The topological polar surface area (TPSA) is 58.4 Å². The van der Waals surface area contributed by atoms with E-state index >= 15 is 0 Å². The number of benzene rings is 1. The third-order valence-electron chi connectivity index (χ3n) is 4.18. The molecule has 0 aliphatic carbocycles. The number of hydrogen-bond acceptors (Lipinski definition) is 4. The number of hydrogen-bond donors (Lipinski definition) is 1. The summed E-state index contributed by atoms with van der Waals surface area (Å²) in [5.74, 6) is 0.759. The lowest BCUT2D eigenvalue weighted by Crippen LogP contribution is -2.34. The SMILES string of the molecule is CNCCC1CCN(Cc2c(Cl)cccc2[N+](=O)[O-])CC1. The summed E-state index contributed by atoms with van der Waals surface area (Å²) in [4.78, 5) is 13.0. The van der Waals surface area contributed by atoms with Crippen molar-refractivity contribution in [2.75, 3.05) is 26.7 Å². The summed E-state index contributed by atoms with van der Waals surface area (Å²) in [5.41, 5.74) is 0.762. The predicted molar refractivity (Wildman–Crippen MR) is 84.7 cm³/mol. The second kappa shape index (κ2) is 7.73. The molecule has 1 fully saturated rings. The summed E-state index contributed by atoms with van der Waals surface area (Å²) >= 11 is 6.15. The van der Waals surface area contributed by atoms with Crippen molar-refractivity contribution in [1.82, 2.24) is 10.2 Å². The zero-order chi connectivity index (χ0) is 15.2. The van der Waals surface area contributed by atoms with Gasteiger partial charge in [-0.1, -0.05) is 17.7 Å². The van der Waals surface area contributed by atoms with Crippen LogP contribution in [0.4, 0.5) is 5.69 Å². The lowest BCUT2D eigenvalue weighted by molar-refractivity contribution is -0.385. The minimum atomic E-state index is -0.346. The van der Waals surface area contributed by atoms with Gasteiger partial charge in [-0.3, -0.25) is 15.0 Å². The molecule has 0 amide bonds. The smallest absolute Gasteiger partial charge is 0.275 e. The third kappa shape index (κ3) is 4.40. The number of nitro benzene ring substituents is 1. The Balaban J connectivity index is 1.96. The van der Waals surface area contributed by atoms with E-state index in [9.17, 15) is 10.1 Å². The first-order chi connectivity index (χ1) is 10.1. The Morgan fingerprint density at radius 2 is 2.14 bits per heavy atom. The van der Waals surface area contributed by atoms with E-state index in [0.29, 0.717) is 17.1 Å². The molecule has 1 saturated heterocycles. The van der Waals surface area contributed by atoms with Crippen molar-refractivity contribution in [3.63, 3.8) is 0 Å². The molecule has 0 saturated carbocycles. The van der Waals surface area contributed by atoms with Crippen LogP contribution in [0.3, 0.4) is 0 Å². The Morgan fingerprint density at radius 1 is 1.43 bits per heavy atom. The molecular formula is C15H22ClN3O2. The van der Waals surface area contributed by atoms with Gasteiger partial charge in [-0.25, -0.2) is 0 Å². The number of halogens is 1. The van der Waals surface area contributed by atoms with Crippen LogP contribution in [0.25, 0.3) is 0 Å². The summed E-state index contributed by atoms with van der Waals surface area (Å²) in [6.07, 6.45) is 3.51. The molecule has 0 spiro atoms. The average Bonchev–Trinajstić information content (AvgIpc) is 2.48. The van der Waals surface area contributed by atoms with Crippen LogP contribution in [0, 0.1) is 16.0 Å². The molecule has 0 unspecified atom stereocenters. The van der Waals surface area contributed by atoms with Gasteiger partial charge in [0, 0.05) is 12.6 Å². The van der Waals surface area contributed by atoms with E-state index in [1.165, 1.54) is 12.5 Å². The van der Waals surface area contributed by atoms with Gasteiger partial charge in [0.25, 0.3) is 5.69 Å². The highest BCUT2D eigenvalue weighted by atomic mass is 35.5. The number of piperidine rings is 1. The molecule has 1 aromatic carbocycles. The lowest BCUT2D eigenvalue weighted by Gasteiger charge is -2.32. The highest BCUT2D eigenvalue weighted by molar-refractivity contribution is 6.31. The maximum absolute atomic E-state index is 11.1. The number of nitrogens with one attached hydrogen (secondary N) is 1. The fraction of sp³-hybridized carbons (Fsp3) is 0.600. The number of nitro groups is 1. The molecular weight excluding hydrogens is 290 g/mol. The maximum Gasteiger partial charge on any atom is 0.275 e. The quantitative estimate of drug-likeness (QED) is 0.648. The van der Waals surface area contributed by atoms with Gasteiger partial charge >= 0.3 is 0 Å². The second-order valence-electron chi connectivity index (χ2n) is 5.61. The molecule has 1 aromatic rings. The lowest BCUT2D eigenvalue weighted by atomic mass is 9.93. The average molecular weight is 312 g/mol. The minimum absolute atomic E-state index is 0.125. The molecule has 5 nitrogen and oxygen atoms in total. The number of nitrogens with zero attached hydrogens (tertiary/aromatic N) is 2. The van der Waals surface area contributed by atoms with Crippen LogP contribution in [-0.2, 0) is 6.54 Å². The van der Waals surface area contributed by atoms with Crippen molar-refractivity contribution in [1.29, 1.82) is 0 Å². The van der Waals surface area contributed by atoms with Crippen molar-refractivity contribution in [2.24, 2.45) is 5.92 Å². The maximum atomic E-state index is 11.1. The third-order valence-corrected chi connectivity index (χ3v) is 4.54. The summed E-state index contributed by atoms with van der Waals surface area (Å²) < 4.78 is 0. The van der Waals surface area contributed by atoms with Gasteiger partial charge in [0.15, 0.2) is 0 Å². The first-order valence-electron chi connectivity index (χ1n) is 7.40. The Hall–Kier alpha value is -1.17. The van der Waals surface area contributed by atoms with Crippen LogP contribution in [0.15, 0.2) is 18.2 Å². The van der Waals surface area contributed by atoms with Crippen molar-refractivity contribution in [2.45, 2.75) is 25.8 Å². The van der Waals surface area contributed by atoms with Gasteiger partial charge in [-0.15, -0.1) is 0 Å². The second-order valence-corrected chi connectivity index (χ2v) is 6.01. The van der Waals surface area contributed by atoms with E-state index in [1.807, 2.05) is 7.05 Å². The van der Waals surface area contributed by atoms with Gasteiger partial charge in [0.1, 0.15) is 0 Å². The molecule has 2 rings (SSSR count). The first-order valence-corrected chi connectivity index (χ1v) is 7.78. The van der Waals surface area contributed by atoms with Crippen molar-refractivity contribution in [3.8, 4) is 0 Å². The van der Waals surface area contributed by atoms with Crippen LogP contribution in [0.5, 0.6) is 0 Å². The zero-order valence-electron chi connectivity index (χ0n) is 12.3. The highest BCUT2D eigenvalue weighted by Crippen LogP contribution is 2.29. The summed E-state index contributed by atoms with van der Waals surface area (Å²) in [7, 11) is 1.98. The zero-order valence-corrected chi connectivity index (χ0v) is 13.1. The summed E-state index contributed by atoms with van der Waals surface area (Å²) in [6.45, 7) is 3.59. The molecule has 1 aliphatic rings. The number of likely N-dealkylation sites (tertiary alicyclic amines) is 1. The van der Waals surface area contributed by atoms with E-state index in [4.69, 9.17) is 11.6 Å². The normalized spacial score (nSPS) is 17.0. The number of rotatable bonds is 6. The van der Waals surface area contributed by atoms with Crippen LogP contribution in [0.1, 0.15) is 24.8 Å². The van der Waals surface area contributed by atoms with E-state index < -0.39 is 0 Å². The van der Waals surface area contributed by atoms with Gasteiger partial charge in [0.2, 0.25) is 0 Å². The molecule has 21 heavy (non-hydrogen) atoms. The molecule has 1 N–H and O–H groups in total. The molecule has 0 radical (unpaired) electrons. The van der Waals surface area contributed by atoms with Crippen molar-refractivity contribution < 1.29 is 4.92 Å². The summed E-state index contributed by atoms with van der Waals surface area (Å²) in [5, 5.41) is 14.8. The predicted octanol–water partition coefficient (Wildman–Crippen LogP) is 3.07. The van der Waals surface area contributed by atoms with E-state index in [2.05, 4.69) is 10.2 Å². The minimum Gasteiger partial charge on any atom is -0.320 e. The first kappa shape index (κ1) is 16.2. The van der Waals surface area contributed by atoms with E-state index in [0.717, 1.165) is 38.4 Å². The molecule has 1 heterocycles. The molecule has 0 bridgehead atoms. The Kier molecular flexibility index (Phi) is 5.96. The van der Waals surface area contributed by atoms with Crippen LogP contribution in [0.2, 0.25) is 5.02 Å². The molecule has 0 aromatic heterocycles. The van der Waals surface area contributed by atoms with E-state index in [1.54, 1.807) is 12.1 Å². The Morgan fingerprint density at radius 3 is 2.76 bits per heavy atom. The standard InChI is InChI=1S/C15H22ClN3O2/c1-17-8-5-12-6-9-18(10-7-12)11-13-14(16)3-2-4-15(13)19(20)21/h2-4,12,17H,5-11H2,1H3. The van der Waals surface area contributed by atoms with Crippen LogP contribution >= 0.6 is 11.6 Å². The van der Waals surface area contributed by atoms with E-state index in [-0.39, 0.29) is 10.6 Å². The highest BCUT2D eigenvalue weighted by Gasteiger charge is 2.23. The Bertz CT molecular complexity index is 488. The fourth-order valence-electron chi connectivity index (χ4n) is 2.88. The molecule has 6 heteroatoms. The molecule has 116 valence electrons. The van der Waals surface area contributed by atoms with Crippen LogP contribution < -0.4 is 5.32 Å². The monoisotopic (exact) mass is 311 g/mol.